The van der Waals surface area contributed by atoms with Crippen molar-refractivity contribution in [3.63, 3.8) is 0 Å². The number of alkyl halides is 3. The highest BCUT2D eigenvalue weighted by Gasteiger charge is 2.30. The first-order chi connectivity index (χ1) is 17.3. The molecule has 8 heteroatoms. The molecule has 0 unspecified atom stereocenters. The third kappa shape index (κ3) is 7.64. The minimum atomic E-state index is -4.44. The zero-order valence-electron chi connectivity index (χ0n) is 19.6. The normalized spacial score (nSPS) is 11.5. The van der Waals surface area contributed by atoms with Crippen LogP contribution in [-0.4, -0.2) is 19.1 Å². The van der Waals surface area contributed by atoms with Crippen LogP contribution in [0, 0.1) is 11.3 Å². The van der Waals surface area contributed by atoms with Crippen LogP contribution in [0.5, 0.6) is 11.5 Å². The molecule has 0 aliphatic rings. The maximum atomic E-state index is 13.0. The fraction of sp³-hybridized carbons (Fsp3) is 0.214. The molecule has 0 radical (unpaired) electrons. The molecule has 0 saturated heterocycles. The predicted octanol–water partition coefficient (Wildman–Crippen LogP) is 5.95. The number of benzene rings is 3. The first-order valence-electron chi connectivity index (χ1n) is 11.3. The first kappa shape index (κ1) is 26.4. The molecule has 0 heterocycles. The molecule has 5 nitrogen and oxygen atoms in total. The Balaban J connectivity index is 1.69. The van der Waals surface area contributed by atoms with Gasteiger partial charge in [0.1, 0.15) is 18.2 Å². The molecule has 3 rings (SSSR count). The van der Waals surface area contributed by atoms with Crippen molar-refractivity contribution in [2.75, 3.05) is 13.2 Å². The number of halogens is 3. The van der Waals surface area contributed by atoms with Gasteiger partial charge in [0.25, 0.3) is 5.91 Å². The number of carbonyl (C=O) groups is 1. The highest BCUT2D eigenvalue weighted by atomic mass is 19.4. The summed E-state index contributed by atoms with van der Waals surface area (Å²) in [5.74, 6) is 0.188. The summed E-state index contributed by atoms with van der Waals surface area (Å²) in [6, 6.07) is 21.3. The third-order valence-electron chi connectivity index (χ3n) is 5.13. The van der Waals surface area contributed by atoms with Crippen LogP contribution in [0.3, 0.4) is 0 Å². The van der Waals surface area contributed by atoms with Crippen LogP contribution in [0.1, 0.15) is 29.2 Å². The van der Waals surface area contributed by atoms with Crippen molar-refractivity contribution in [1.82, 2.24) is 5.32 Å². The van der Waals surface area contributed by atoms with Crippen LogP contribution >= 0.6 is 0 Å². The first-order valence-corrected chi connectivity index (χ1v) is 11.3. The average Bonchev–Trinajstić information content (AvgIpc) is 2.87. The van der Waals surface area contributed by atoms with E-state index in [1.54, 1.807) is 31.2 Å². The molecule has 3 aromatic rings. The molecule has 0 spiro atoms. The smallest absolute Gasteiger partial charge is 0.416 e. The van der Waals surface area contributed by atoms with Gasteiger partial charge in [-0.1, -0.05) is 48.5 Å². The lowest BCUT2D eigenvalue weighted by Crippen LogP contribution is -2.26. The van der Waals surface area contributed by atoms with Gasteiger partial charge in [-0.05, 0) is 60.4 Å². The molecule has 0 saturated carbocycles. The summed E-state index contributed by atoms with van der Waals surface area (Å²) in [5.41, 5.74) is 1.15. The number of rotatable bonds is 10. The van der Waals surface area contributed by atoms with E-state index in [2.05, 4.69) is 5.32 Å². The number of amides is 1. The molecule has 36 heavy (non-hydrogen) atoms. The molecule has 0 aromatic heterocycles. The summed E-state index contributed by atoms with van der Waals surface area (Å²) < 4.78 is 50.2. The Kier molecular flexibility index (Phi) is 9.12. The number of ether oxygens (including phenoxy) is 2. The lowest BCUT2D eigenvalue weighted by Gasteiger charge is -2.14. The van der Waals surface area contributed by atoms with Crippen molar-refractivity contribution in [1.29, 1.82) is 5.26 Å². The zero-order chi connectivity index (χ0) is 26.0. The van der Waals surface area contributed by atoms with Gasteiger partial charge in [-0.3, -0.25) is 4.79 Å². The molecule has 0 aliphatic carbocycles. The second-order valence-corrected chi connectivity index (χ2v) is 7.79. The van der Waals surface area contributed by atoms with Crippen LogP contribution in [0.25, 0.3) is 6.08 Å². The topological polar surface area (TPSA) is 71.3 Å². The third-order valence-corrected chi connectivity index (χ3v) is 5.13. The van der Waals surface area contributed by atoms with E-state index >= 15 is 0 Å². The number of hydrogen-bond acceptors (Lipinski definition) is 4. The summed E-state index contributed by atoms with van der Waals surface area (Å²) in [5, 5.41) is 12.2. The van der Waals surface area contributed by atoms with Gasteiger partial charge >= 0.3 is 6.18 Å². The van der Waals surface area contributed by atoms with Gasteiger partial charge in [-0.15, -0.1) is 0 Å². The molecule has 1 amide bonds. The van der Waals surface area contributed by atoms with E-state index in [1.165, 1.54) is 12.1 Å². The Hall–Kier alpha value is -4.25. The highest BCUT2D eigenvalue weighted by Crippen LogP contribution is 2.32. The second kappa shape index (κ2) is 12.5. The fourth-order valence-electron chi connectivity index (χ4n) is 3.38. The zero-order valence-corrected chi connectivity index (χ0v) is 19.6. The maximum Gasteiger partial charge on any atom is 0.416 e. The van der Waals surface area contributed by atoms with Crippen molar-refractivity contribution in [2.45, 2.75) is 26.1 Å². The molecule has 3 aromatic carbocycles. The largest absolute Gasteiger partial charge is 0.490 e. The number of carbonyl (C=O) groups excluding carboxylic acids is 1. The van der Waals surface area contributed by atoms with Gasteiger partial charge in [-0.25, -0.2) is 0 Å². The highest BCUT2D eigenvalue weighted by molar-refractivity contribution is 6.01. The molecule has 0 aliphatic heterocycles. The second-order valence-electron chi connectivity index (χ2n) is 7.79. The average molecular weight is 495 g/mol. The quantitative estimate of drug-likeness (QED) is 0.279. The Morgan fingerprint density at radius 1 is 0.972 bits per heavy atom. The number of nitriles is 1. The maximum absolute atomic E-state index is 13.0. The molecular weight excluding hydrogens is 469 g/mol. The van der Waals surface area contributed by atoms with Crippen molar-refractivity contribution < 1.29 is 27.4 Å². The SMILES string of the molecule is CCOc1cc(/C=C(\C#N)C(=O)NCCc2ccccc2)ccc1OCc1cccc(C(F)(F)F)c1. The van der Waals surface area contributed by atoms with Crippen LogP contribution in [0.15, 0.2) is 78.4 Å². The van der Waals surface area contributed by atoms with Crippen LogP contribution < -0.4 is 14.8 Å². The summed E-state index contributed by atoms with van der Waals surface area (Å²) in [7, 11) is 0. The number of nitrogens with one attached hydrogen (secondary N) is 1. The molecule has 0 bridgehead atoms. The minimum Gasteiger partial charge on any atom is -0.490 e. The standard InChI is InChI=1S/C28H25F3N2O3/c1-2-35-26-17-21(15-23(18-32)27(34)33-14-13-20-7-4-3-5-8-20)11-12-25(26)36-19-22-9-6-10-24(16-22)28(29,30)31/h3-12,15-17H,2,13-14,19H2,1H3,(H,33,34)/b23-15+. The number of hydrogen-bond donors (Lipinski definition) is 1. The fourth-order valence-corrected chi connectivity index (χ4v) is 3.38. The van der Waals surface area contributed by atoms with E-state index in [-0.39, 0.29) is 12.2 Å². The van der Waals surface area contributed by atoms with Crippen LogP contribution in [-0.2, 0) is 24.0 Å². The van der Waals surface area contributed by atoms with Crippen molar-refractivity contribution in [3.8, 4) is 17.6 Å². The Morgan fingerprint density at radius 3 is 2.42 bits per heavy atom. The van der Waals surface area contributed by atoms with Crippen LogP contribution in [0.2, 0.25) is 0 Å². The Labute approximate surface area is 207 Å². The lowest BCUT2D eigenvalue weighted by molar-refractivity contribution is -0.137. The van der Waals surface area contributed by atoms with Crippen molar-refractivity contribution in [3.05, 3.63) is 101 Å². The van der Waals surface area contributed by atoms with Crippen LogP contribution in [0.4, 0.5) is 13.2 Å². The summed E-state index contributed by atoms with van der Waals surface area (Å²) in [6.07, 6.45) is -2.36. The van der Waals surface area contributed by atoms with Gasteiger partial charge in [0.05, 0.1) is 12.2 Å². The van der Waals surface area contributed by atoms with E-state index < -0.39 is 17.6 Å². The molecule has 186 valence electrons. The Bertz CT molecular complexity index is 1250. The van der Waals surface area contributed by atoms with E-state index in [1.807, 2.05) is 36.4 Å². The van der Waals surface area contributed by atoms with Gasteiger partial charge in [-0.2, -0.15) is 18.4 Å². The van der Waals surface area contributed by atoms with E-state index in [4.69, 9.17) is 9.47 Å². The summed E-state index contributed by atoms with van der Waals surface area (Å²) in [4.78, 5) is 12.5. The lowest BCUT2D eigenvalue weighted by atomic mass is 10.1. The van der Waals surface area contributed by atoms with Gasteiger partial charge in [0, 0.05) is 6.54 Å². The molecular formula is C28H25F3N2O3. The summed E-state index contributed by atoms with van der Waals surface area (Å²) in [6.45, 7) is 2.39. The summed E-state index contributed by atoms with van der Waals surface area (Å²) >= 11 is 0. The monoisotopic (exact) mass is 494 g/mol. The molecule has 1 N–H and O–H groups in total. The number of nitrogens with zero attached hydrogens (tertiary/aromatic N) is 1. The van der Waals surface area contributed by atoms with E-state index in [0.717, 1.165) is 17.7 Å². The van der Waals surface area contributed by atoms with Crippen molar-refractivity contribution >= 4 is 12.0 Å². The predicted molar refractivity (Wildman–Crippen MR) is 130 cm³/mol. The van der Waals surface area contributed by atoms with Crippen molar-refractivity contribution in [2.24, 2.45) is 0 Å². The van der Waals surface area contributed by atoms with Gasteiger partial charge in [0.2, 0.25) is 0 Å². The van der Waals surface area contributed by atoms with Gasteiger partial charge < -0.3 is 14.8 Å². The van der Waals surface area contributed by atoms with E-state index in [9.17, 15) is 23.2 Å². The molecule has 0 fully saturated rings. The Morgan fingerprint density at radius 2 is 1.72 bits per heavy atom. The minimum absolute atomic E-state index is 0.0665. The molecule has 0 atom stereocenters. The van der Waals surface area contributed by atoms with Gasteiger partial charge in [0.15, 0.2) is 11.5 Å². The van der Waals surface area contributed by atoms with E-state index in [0.29, 0.717) is 42.2 Å².